The predicted octanol–water partition coefficient (Wildman–Crippen LogP) is 5.37. The Kier molecular flexibility index (Phi) is 5.58. The second-order valence-corrected chi connectivity index (χ2v) is 5.16. The zero-order valence-corrected chi connectivity index (χ0v) is 14.4. The van der Waals surface area contributed by atoms with E-state index in [-0.39, 0.29) is 0 Å². The highest BCUT2D eigenvalue weighted by atomic mass is 15.2. The number of hydrogen-bond acceptors (Lipinski definition) is 3. The van der Waals surface area contributed by atoms with Gasteiger partial charge in [-0.2, -0.15) is 0 Å². The van der Waals surface area contributed by atoms with Crippen LogP contribution in [0.15, 0.2) is 77.4 Å². The molecular weight excluding hydrogens is 282 g/mol. The summed E-state index contributed by atoms with van der Waals surface area (Å²) in [5, 5.41) is 3.43. The molecule has 0 saturated heterocycles. The molecule has 0 fully saturated rings. The van der Waals surface area contributed by atoms with Crippen LogP contribution in [0.3, 0.4) is 0 Å². The minimum Gasteiger partial charge on any atom is -0.340 e. The summed E-state index contributed by atoms with van der Waals surface area (Å²) in [4.78, 5) is 6.77. The number of aryl methyl sites for hydroxylation is 1. The van der Waals surface area contributed by atoms with E-state index in [9.17, 15) is 0 Å². The van der Waals surface area contributed by atoms with Crippen molar-refractivity contribution in [1.29, 1.82) is 0 Å². The van der Waals surface area contributed by atoms with Gasteiger partial charge in [0.1, 0.15) is 11.7 Å². The molecule has 0 aliphatic carbocycles. The lowest BCUT2D eigenvalue weighted by molar-refractivity contribution is 0.674. The maximum Gasteiger partial charge on any atom is 0.139 e. The molecule has 1 aromatic rings. The zero-order valence-electron chi connectivity index (χ0n) is 14.4. The number of allylic oxidation sites excluding steroid dienone is 3. The largest absolute Gasteiger partial charge is 0.340 e. The SMILES string of the molecule is C=C1C(CC)=C(Nc2cccc(C)c2)N=C2C=CC=CN12.CC. The molecule has 2 aliphatic heterocycles. The molecule has 3 heteroatoms. The van der Waals surface area contributed by atoms with E-state index in [1.54, 1.807) is 0 Å². The van der Waals surface area contributed by atoms with Crippen LogP contribution < -0.4 is 5.32 Å². The van der Waals surface area contributed by atoms with Gasteiger partial charge in [-0.25, -0.2) is 4.99 Å². The van der Waals surface area contributed by atoms with Gasteiger partial charge < -0.3 is 10.2 Å². The van der Waals surface area contributed by atoms with Gasteiger partial charge in [0.2, 0.25) is 0 Å². The van der Waals surface area contributed by atoms with Crippen LogP contribution in [-0.4, -0.2) is 10.7 Å². The zero-order chi connectivity index (χ0) is 16.8. The summed E-state index contributed by atoms with van der Waals surface area (Å²) in [7, 11) is 0. The molecule has 0 spiro atoms. The first-order valence-electron chi connectivity index (χ1n) is 8.18. The van der Waals surface area contributed by atoms with Gasteiger partial charge >= 0.3 is 0 Å². The van der Waals surface area contributed by atoms with Gasteiger partial charge in [-0.15, -0.1) is 0 Å². The molecule has 3 nitrogen and oxygen atoms in total. The van der Waals surface area contributed by atoms with Crippen LogP contribution in [0.25, 0.3) is 0 Å². The van der Waals surface area contributed by atoms with Crippen molar-refractivity contribution in [2.45, 2.75) is 34.1 Å². The fourth-order valence-corrected chi connectivity index (χ4v) is 2.55. The molecule has 23 heavy (non-hydrogen) atoms. The lowest BCUT2D eigenvalue weighted by atomic mass is 10.1. The topological polar surface area (TPSA) is 27.6 Å². The third-order valence-electron chi connectivity index (χ3n) is 3.62. The first kappa shape index (κ1) is 16.8. The Morgan fingerprint density at radius 1 is 1.22 bits per heavy atom. The number of amidine groups is 1. The number of nitrogens with zero attached hydrogens (tertiary/aromatic N) is 2. The normalized spacial score (nSPS) is 15.7. The summed E-state index contributed by atoms with van der Waals surface area (Å²) in [5.41, 5.74) is 4.40. The van der Waals surface area contributed by atoms with Crippen LogP contribution in [0, 0.1) is 6.92 Å². The minimum atomic E-state index is 0.887. The van der Waals surface area contributed by atoms with Crippen molar-refractivity contribution in [3.05, 3.63) is 77.9 Å². The van der Waals surface area contributed by atoms with Crippen LogP contribution in [-0.2, 0) is 0 Å². The second-order valence-electron chi connectivity index (χ2n) is 5.16. The Labute approximate surface area is 139 Å². The molecule has 0 unspecified atom stereocenters. The summed E-state index contributed by atoms with van der Waals surface area (Å²) < 4.78 is 0. The van der Waals surface area contributed by atoms with Crippen molar-refractivity contribution in [3.8, 4) is 0 Å². The molecular formula is C20H25N3. The summed E-state index contributed by atoms with van der Waals surface area (Å²) >= 11 is 0. The Hall–Kier alpha value is -2.55. The van der Waals surface area contributed by atoms with Gasteiger partial charge in [-0.1, -0.05) is 45.6 Å². The van der Waals surface area contributed by atoms with Crippen LogP contribution in [0.2, 0.25) is 0 Å². The fraction of sp³-hybridized carbons (Fsp3) is 0.250. The number of anilines is 1. The smallest absolute Gasteiger partial charge is 0.139 e. The highest BCUT2D eigenvalue weighted by Gasteiger charge is 2.23. The molecule has 0 bridgehead atoms. The van der Waals surface area contributed by atoms with Crippen LogP contribution >= 0.6 is 0 Å². The number of benzene rings is 1. The van der Waals surface area contributed by atoms with Crippen molar-refractivity contribution < 1.29 is 0 Å². The summed E-state index contributed by atoms with van der Waals surface area (Å²) in [6, 6.07) is 8.30. The van der Waals surface area contributed by atoms with E-state index in [1.165, 1.54) is 5.56 Å². The molecule has 0 atom stereocenters. The Balaban J connectivity index is 0.000000924. The first-order valence-corrected chi connectivity index (χ1v) is 8.18. The number of aliphatic imine (C=N–C) groups is 1. The quantitative estimate of drug-likeness (QED) is 0.813. The monoisotopic (exact) mass is 307 g/mol. The van der Waals surface area contributed by atoms with E-state index in [0.717, 1.165) is 35.0 Å². The van der Waals surface area contributed by atoms with Crippen molar-refractivity contribution in [2.75, 3.05) is 5.32 Å². The molecule has 1 N–H and O–H groups in total. The van der Waals surface area contributed by atoms with Crippen LogP contribution in [0.4, 0.5) is 5.69 Å². The summed E-state index contributed by atoms with van der Waals surface area (Å²) in [6.07, 6.45) is 8.87. The van der Waals surface area contributed by atoms with E-state index >= 15 is 0 Å². The number of rotatable bonds is 3. The average Bonchev–Trinajstić information content (AvgIpc) is 2.57. The standard InChI is InChI=1S/C18H19N3.C2H6/c1-4-16-14(3)21-11-6-5-10-17(21)20-18(16)19-15-9-7-8-13(2)12-15;1-2/h5-12,19H,3-4H2,1-2H3;1-2H3. The van der Waals surface area contributed by atoms with Crippen molar-refractivity contribution in [3.63, 3.8) is 0 Å². The van der Waals surface area contributed by atoms with Gasteiger partial charge in [0.05, 0.1) is 0 Å². The maximum absolute atomic E-state index is 4.74. The molecule has 2 aliphatic rings. The number of fused-ring (bicyclic) bond motifs is 1. The van der Waals surface area contributed by atoms with Gasteiger partial charge in [0.25, 0.3) is 0 Å². The second kappa shape index (κ2) is 7.63. The third-order valence-corrected chi connectivity index (χ3v) is 3.62. The molecule has 0 amide bonds. The van der Waals surface area contributed by atoms with Gasteiger partial charge in [-0.3, -0.25) is 0 Å². The van der Waals surface area contributed by atoms with Crippen molar-refractivity contribution in [2.24, 2.45) is 4.99 Å². The van der Waals surface area contributed by atoms with Gasteiger partial charge in [-0.05, 0) is 43.2 Å². The maximum atomic E-state index is 4.74. The average molecular weight is 307 g/mol. The van der Waals surface area contributed by atoms with E-state index in [4.69, 9.17) is 4.99 Å². The van der Waals surface area contributed by atoms with Gasteiger partial charge in [0, 0.05) is 23.2 Å². The molecule has 0 radical (unpaired) electrons. The Morgan fingerprint density at radius 2 is 2.00 bits per heavy atom. The molecule has 0 aromatic heterocycles. The molecule has 0 saturated carbocycles. The van der Waals surface area contributed by atoms with E-state index in [2.05, 4.69) is 43.9 Å². The fourth-order valence-electron chi connectivity index (χ4n) is 2.55. The minimum absolute atomic E-state index is 0.887. The number of hydrogen-bond donors (Lipinski definition) is 1. The lowest BCUT2D eigenvalue weighted by Crippen LogP contribution is -2.30. The summed E-state index contributed by atoms with van der Waals surface area (Å²) in [6.45, 7) is 12.4. The highest BCUT2D eigenvalue weighted by Crippen LogP contribution is 2.29. The first-order chi connectivity index (χ1) is 11.2. The highest BCUT2D eigenvalue weighted by molar-refractivity contribution is 5.98. The molecule has 3 rings (SSSR count). The molecule has 120 valence electrons. The van der Waals surface area contributed by atoms with Crippen LogP contribution in [0.1, 0.15) is 32.8 Å². The van der Waals surface area contributed by atoms with Gasteiger partial charge in [0.15, 0.2) is 0 Å². The molecule has 1 aromatic carbocycles. The Morgan fingerprint density at radius 3 is 2.70 bits per heavy atom. The third kappa shape index (κ3) is 3.62. The Bertz CT molecular complexity index is 705. The molecule has 2 heterocycles. The number of nitrogens with one attached hydrogen (secondary N) is 1. The van der Waals surface area contributed by atoms with Crippen LogP contribution in [0.5, 0.6) is 0 Å². The van der Waals surface area contributed by atoms with Crippen molar-refractivity contribution >= 4 is 11.5 Å². The van der Waals surface area contributed by atoms with E-state index < -0.39 is 0 Å². The van der Waals surface area contributed by atoms with E-state index in [0.29, 0.717) is 0 Å². The summed E-state index contributed by atoms with van der Waals surface area (Å²) in [5.74, 6) is 1.79. The predicted molar refractivity (Wildman–Crippen MR) is 100 cm³/mol. The lowest BCUT2D eigenvalue weighted by Gasteiger charge is -2.31. The van der Waals surface area contributed by atoms with E-state index in [1.807, 2.05) is 49.2 Å². The van der Waals surface area contributed by atoms with Crippen molar-refractivity contribution in [1.82, 2.24) is 4.90 Å².